The smallest absolute Gasteiger partial charge is 0.393 e. The number of nitrogen functional groups attached to an aromatic ring is 1. The second-order valence-corrected chi connectivity index (χ2v) is 14.5. The number of anilines is 1. The summed E-state index contributed by atoms with van der Waals surface area (Å²) in [6.45, 7) is -5.42. The molecule has 0 saturated carbocycles. The van der Waals surface area contributed by atoms with E-state index < -0.39 is 88.6 Å². The largest absolute Gasteiger partial charge is 0.481 e. The van der Waals surface area contributed by atoms with Crippen molar-refractivity contribution in [1.29, 1.82) is 0 Å². The molecule has 2 aromatic rings. The molecule has 41 heavy (non-hydrogen) atoms. The van der Waals surface area contributed by atoms with Crippen molar-refractivity contribution >= 4 is 54.7 Å². The zero-order valence-corrected chi connectivity index (χ0v) is 24.2. The quantitative estimate of drug-likeness (QED) is 0.136. The van der Waals surface area contributed by atoms with E-state index in [0.717, 1.165) is 24.8 Å². The lowest BCUT2D eigenvalue weighted by molar-refractivity contribution is -0.287. The number of fused-ring (bicyclic) bond motifs is 1. The Morgan fingerprint density at radius 1 is 1.22 bits per heavy atom. The van der Waals surface area contributed by atoms with E-state index >= 15 is 4.39 Å². The Labute approximate surface area is 239 Å². The Balaban J connectivity index is 1.41. The van der Waals surface area contributed by atoms with E-state index in [1.807, 2.05) is 0 Å². The van der Waals surface area contributed by atoms with Crippen LogP contribution in [0.25, 0.3) is 11.0 Å². The first kappa shape index (κ1) is 32.9. The van der Waals surface area contributed by atoms with E-state index in [2.05, 4.69) is 23.2 Å². The number of rotatable bonds is 10. The number of hydrogen-bond acceptors (Lipinski definition) is 17. The lowest BCUT2D eigenvalue weighted by Gasteiger charge is -2.41. The highest BCUT2D eigenvalue weighted by Gasteiger charge is 2.55. The fourth-order valence-electron chi connectivity index (χ4n) is 4.20. The van der Waals surface area contributed by atoms with Gasteiger partial charge in [0, 0.05) is 0 Å². The van der Waals surface area contributed by atoms with E-state index in [0.29, 0.717) is 0 Å². The van der Waals surface area contributed by atoms with Crippen LogP contribution < -0.4 is 11.5 Å². The number of halogens is 2. The van der Waals surface area contributed by atoms with Crippen LogP contribution in [0.4, 0.5) is 14.6 Å². The number of aliphatic hydroxyl groups is 4. The lowest BCUT2D eigenvalue weighted by Crippen LogP contribution is -2.60. The summed E-state index contributed by atoms with van der Waals surface area (Å²) >= 11 is 5.59. The first-order chi connectivity index (χ1) is 19.0. The minimum atomic E-state index is -5.49. The number of aliphatic hydroxyl groups excluding tert-OH is 4. The molecule has 0 spiro atoms. The predicted molar refractivity (Wildman–Crippen MR) is 138 cm³/mol. The van der Waals surface area contributed by atoms with Gasteiger partial charge in [-0.2, -0.15) is 4.37 Å². The molecule has 17 nitrogen and oxygen atoms in total. The first-order valence-corrected chi connectivity index (χ1v) is 16.4. The maximum atomic E-state index is 15.7. The lowest BCUT2D eigenvalue weighted by atomic mass is 9.92. The van der Waals surface area contributed by atoms with Crippen LogP contribution in [0.1, 0.15) is 17.9 Å². The maximum absolute atomic E-state index is 15.7. The molecule has 12 atom stereocenters. The Morgan fingerprint density at radius 3 is 2.56 bits per heavy atom. The van der Waals surface area contributed by atoms with Crippen molar-refractivity contribution in [2.75, 3.05) is 18.9 Å². The van der Waals surface area contributed by atoms with Crippen LogP contribution in [0.3, 0.4) is 0 Å². The molecular weight excluding hydrogens is 642 g/mol. The molecule has 4 rings (SSSR count). The number of phosphoric acid groups is 1. The van der Waals surface area contributed by atoms with E-state index in [1.54, 1.807) is 0 Å². The van der Waals surface area contributed by atoms with Gasteiger partial charge in [-0.15, -0.1) is 0 Å². The van der Waals surface area contributed by atoms with Crippen molar-refractivity contribution in [2.24, 2.45) is 5.73 Å². The van der Waals surface area contributed by atoms with E-state index in [4.69, 9.17) is 42.4 Å². The van der Waals surface area contributed by atoms with E-state index in [1.165, 1.54) is 0 Å². The zero-order valence-electron chi connectivity index (χ0n) is 20.8. The molecule has 0 aromatic carbocycles. The Kier molecular flexibility index (Phi) is 9.80. The highest BCUT2D eigenvalue weighted by molar-refractivity contribution is 8.08. The molecule has 0 aliphatic carbocycles. The molecule has 10 N–H and O–H groups in total. The highest BCUT2D eigenvalue weighted by Crippen LogP contribution is 2.62. The molecule has 2 fully saturated rings. The van der Waals surface area contributed by atoms with Crippen LogP contribution in [0, 0.1) is 0 Å². The molecule has 7 unspecified atom stereocenters. The van der Waals surface area contributed by atoms with Crippen LogP contribution in [0.5, 0.6) is 0 Å². The second kappa shape index (κ2) is 12.2. The fraction of sp³-hybridized carbons (Fsp3) is 0.722. The molecule has 23 heteroatoms. The van der Waals surface area contributed by atoms with Crippen molar-refractivity contribution in [1.82, 2.24) is 14.3 Å². The summed E-state index contributed by atoms with van der Waals surface area (Å²) in [6, 6.07) is -1.37. The zero-order chi connectivity index (χ0) is 30.5. The molecule has 0 bridgehead atoms. The summed E-state index contributed by atoms with van der Waals surface area (Å²) in [6.07, 6.45) is -14.3. The molecular formula is C18H27F2N5O12P2S2. The monoisotopic (exact) mass is 669 g/mol. The van der Waals surface area contributed by atoms with Gasteiger partial charge < -0.3 is 55.7 Å². The van der Waals surface area contributed by atoms with Crippen molar-refractivity contribution in [3.05, 3.63) is 11.2 Å². The van der Waals surface area contributed by atoms with Crippen molar-refractivity contribution in [3.63, 3.8) is 0 Å². The maximum Gasteiger partial charge on any atom is 0.481 e. The third-order valence-electron chi connectivity index (χ3n) is 6.42. The summed E-state index contributed by atoms with van der Waals surface area (Å²) in [5.41, 5.74) is 10.1. The second-order valence-electron chi connectivity index (χ2n) is 9.29. The van der Waals surface area contributed by atoms with Crippen molar-refractivity contribution in [3.8, 4) is 0 Å². The third-order valence-corrected chi connectivity index (χ3v) is 10.8. The summed E-state index contributed by atoms with van der Waals surface area (Å²) in [4.78, 5) is 28.6. The number of ether oxygens (including phenoxy) is 2. The standard InChI is InChI=1S/C18H27F2N5O12P2S2/c1-18(20)14(21)6(34-15(18)13-7-8(25-41-13)16(22)24-4-23-7)3-33-39(32,40)37-38(30,31)36-17-11(29)9(27)10(28)12(35-17)5(19)2-26/h4-6,9-12,14-15,17,26-29H,2-3,21H2,1H3,(H,30,31)(H,32,40)(H2,22,23,24)/t5-,6+,9?,10?,11?,12?,14+,15-,17?,18+,39?/m0/s1. The number of nitrogens with two attached hydrogens (primary N) is 2. The summed E-state index contributed by atoms with van der Waals surface area (Å²) in [5.74, 6) is 0.0688. The Bertz CT molecular complexity index is 1350. The van der Waals surface area contributed by atoms with Gasteiger partial charge in [0.2, 0.25) is 0 Å². The third kappa shape index (κ3) is 6.75. The van der Waals surface area contributed by atoms with Crippen LogP contribution in [-0.2, 0) is 39.2 Å². The molecule has 2 aliphatic rings. The molecule has 0 radical (unpaired) electrons. The predicted octanol–water partition coefficient (Wildman–Crippen LogP) is -1.33. The van der Waals surface area contributed by atoms with Crippen molar-refractivity contribution < 1.29 is 66.4 Å². The Morgan fingerprint density at radius 2 is 1.90 bits per heavy atom. The SMILES string of the molecule is C[C@@]1(F)[C@H](N)[C@@H](COP(O)(=S)OP(=O)(O)OC2OC([C@@H](F)CO)C(O)C(O)C2O)O[C@H]1c1snc2c(N)ncnc12. The molecule has 0 amide bonds. The molecule has 2 aromatic heterocycles. The average molecular weight is 670 g/mol. The normalized spacial score (nSPS) is 38.0. The first-order valence-electron chi connectivity index (χ1n) is 11.6. The van der Waals surface area contributed by atoms with Gasteiger partial charge in [-0.3, -0.25) is 4.52 Å². The fourth-order valence-corrected chi connectivity index (χ4v) is 8.29. The van der Waals surface area contributed by atoms with Crippen LogP contribution >= 0.6 is 26.1 Å². The van der Waals surface area contributed by atoms with Crippen molar-refractivity contribution in [2.45, 2.75) is 67.7 Å². The van der Waals surface area contributed by atoms with Gasteiger partial charge in [0.05, 0.1) is 24.1 Å². The van der Waals surface area contributed by atoms with E-state index in [-0.39, 0.29) is 21.7 Å². The summed E-state index contributed by atoms with van der Waals surface area (Å²) < 4.78 is 71.0. The highest BCUT2D eigenvalue weighted by atomic mass is 32.5. The minimum absolute atomic E-state index is 0.0688. The molecule has 232 valence electrons. The summed E-state index contributed by atoms with van der Waals surface area (Å²) in [7, 11) is -5.49. The van der Waals surface area contributed by atoms with Gasteiger partial charge in [-0.1, -0.05) is 0 Å². The molecule has 2 saturated heterocycles. The number of alkyl halides is 2. The van der Waals surface area contributed by atoms with Gasteiger partial charge in [-0.05, 0) is 30.3 Å². The van der Waals surface area contributed by atoms with Gasteiger partial charge >= 0.3 is 14.5 Å². The number of nitrogens with zero attached hydrogens (tertiary/aromatic N) is 3. The number of hydrogen-bond donors (Lipinski definition) is 8. The molecule has 4 heterocycles. The van der Waals surface area contributed by atoms with Gasteiger partial charge in [0.15, 0.2) is 23.9 Å². The minimum Gasteiger partial charge on any atom is -0.393 e. The van der Waals surface area contributed by atoms with Gasteiger partial charge in [0.1, 0.15) is 54.0 Å². The van der Waals surface area contributed by atoms with Crippen LogP contribution in [-0.4, -0.2) is 112 Å². The number of aromatic nitrogens is 3. The topological polar surface area (TPSA) is 275 Å². The molecule has 2 aliphatic heterocycles. The van der Waals surface area contributed by atoms with E-state index in [9.17, 15) is 34.1 Å². The average Bonchev–Trinajstić information content (AvgIpc) is 3.41. The number of phosphoric ester groups is 1. The van der Waals surface area contributed by atoms with Crippen LogP contribution in [0.2, 0.25) is 0 Å². The summed E-state index contributed by atoms with van der Waals surface area (Å²) in [5, 5.41) is 38.7. The Hall–Kier alpha value is -0.970. The van der Waals surface area contributed by atoms with Crippen LogP contribution in [0.15, 0.2) is 6.33 Å². The van der Waals surface area contributed by atoms with Gasteiger partial charge in [0.25, 0.3) is 0 Å². The van der Waals surface area contributed by atoms with Gasteiger partial charge in [-0.25, -0.2) is 27.6 Å².